The van der Waals surface area contributed by atoms with E-state index in [1.807, 2.05) is 6.07 Å². The lowest BCUT2D eigenvalue weighted by Gasteiger charge is -2.29. The highest BCUT2D eigenvalue weighted by molar-refractivity contribution is 7.92. The van der Waals surface area contributed by atoms with E-state index in [-0.39, 0.29) is 11.9 Å². The molecule has 0 spiro atoms. The number of sulfonamides is 1. The number of amides is 1. The molecule has 2 heterocycles. The maximum Gasteiger partial charge on any atom is 0.251 e. The molecule has 1 amide bonds. The highest BCUT2D eigenvalue weighted by Gasteiger charge is 2.25. The second kappa shape index (κ2) is 6.49. The lowest BCUT2D eigenvalue weighted by atomic mass is 10.00. The highest BCUT2D eigenvalue weighted by atomic mass is 32.2. The summed E-state index contributed by atoms with van der Waals surface area (Å²) in [6.07, 6.45) is 4.69. The van der Waals surface area contributed by atoms with Crippen molar-refractivity contribution in [1.29, 1.82) is 0 Å². The molecular formula is C16H23N3O3S. The fourth-order valence-corrected chi connectivity index (χ4v) is 4.28. The van der Waals surface area contributed by atoms with E-state index in [0.29, 0.717) is 17.8 Å². The largest absolute Gasteiger partial charge is 0.349 e. The molecule has 0 aliphatic carbocycles. The summed E-state index contributed by atoms with van der Waals surface area (Å²) < 4.78 is 25.2. The number of nitrogens with zero attached hydrogens (tertiary/aromatic N) is 1. The minimum atomic E-state index is -3.27. The number of hydrogen-bond acceptors (Lipinski definition) is 4. The van der Waals surface area contributed by atoms with E-state index in [0.717, 1.165) is 44.3 Å². The van der Waals surface area contributed by atoms with Crippen LogP contribution < -0.4 is 14.9 Å². The van der Waals surface area contributed by atoms with E-state index in [1.54, 1.807) is 12.1 Å². The summed E-state index contributed by atoms with van der Waals surface area (Å²) >= 11 is 0. The van der Waals surface area contributed by atoms with Crippen LogP contribution in [0.3, 0.4) is 0 Å². The Bertz CT molecular complexity index is 697. The number of hydrogen-bond donors (Lipinski definition) is 2. The first-order valence-corrected chi connectivity index (χ1v) is 9.92. The van der Waals surface area contributed by atoms with Gasteiger partial charge in [0.05, 0.1) is 11.9 Å². The maximum absolute atomic E-state index is 12.4. The molecule has 2 aliphatic heterocycles. The van der Waals surface area contributed by atoms with E-state index in [9.17, 15) is 13.2 Å². The minimum Gasteiger partial charge on any atom is -0.349 e. The van der Waals surface area contributed by atoms with Gasteiger partial charge in [0.1, 0.15) is 0 Å². The Kier molecular flexibility index (Phi) is 4.59. The molecule has 0 radical (unpaired) electrons. The smallest absolute Gasteiger partial charge is 0.251 e. The number of carbonyl (C=O) groups excluding carboxylic acids is 1. The maximum atomic E-state index is 12.4. The van der Waals surface area contributed by atoms with Crippen LogP contribution in [0.25, 0.3) is 0 Å². The fraction of sp³-hybridized carbons (Fsp3) is 0.562. The van der Waals surface area contributed by atoms with Gasteiger partial charge in [0.2, 0.25) is 10.0 Å². The minimum absolute atomic E-state index is 0.0730. The van der Waals surface area contributed by atoms with Gasteiger partial charge < -0.3 is 10.6 Å². The van der Waals surface area contributed by atoms with Gasteiger partial charge in [-0.25, -0.2) is 8.42 Å². The predicted octanol–water partition coefficient (Wildman–Crippen LogP) is 0.881. The molecule has 1 saturated heterocycles. The van der Waals surface area contributed by atoms with Crippen molar-refractivity contribution in [3.8, 4) is 0 Å². The number of fused-ring (bicyclic) bond motifs is 1. The van der Waals surface area contributed by atoms with Crippen LogP contribution in [0.2, 0.25) is 0 Å². The Morgan fingerprint density at radius 2 is 2.04 bits per heavy atom. The van der Waals surface area contributed by atoms with Gasteiger partial charge in [0, 0.05) is 18.2 Å². The van der Waals surface area contributed by atoms with Gasteiger partial charge >= 0.3 is 0 Å². The van der Waals surface area contributed by atoms with Crippen LogP contribution in [-0.2, 0) is 16.4 Å². The Labute approximate surface area is 137 Å². The monoisotopic (exact) mass is 337 g/mol. The van der Waals surface area contributed by atoms with Crippen LogP contribution in [0.15, 0.2) is 18.2 Å². The number of piperidine rings is 1. The zero-order valence-corrected chi connectivity index (χ0v) is 14.2. The van der Waals surface area contributed by atoms with Gasteiger partial charge in [0.15, 0.2) is 0 Å². The molecule has 6 nitrogen and oxygen atoms in total. The quantitative estimate of drug-likeness (QED) is 0.858. The normalized spacial score (nSPS) is 19.3. The van der Waals surface area contributed by atoms with Gasteiger partial charge in [-0.15, -0.1) is 0 Å². The zero-order valence-electron chi connectivity index (χ0n) is 13.3. The molecule has 23 heavy (non-hydrogen) atoms. The van der Waals surface area contributed by atoms with E-state index in [4.69, 9.17) is 0 Å². The molecule has 0 aromatic heterocycles. The average molecular weight is 337 g/mol. The standard InChI is InChI=1S/C16H23N3O3S/c1-23(21,22)19-10-2-3-12-11-13(4-5-15(12)19)16(20)18-14-6-8-17-9-7-14/h4-5,11,14,17H,2-3,6-10H2,1H3,(H,18,20). The van der Waals surface area contributed by atoms with Gasteiger partial charge in [-0.3, -0.25) is 9.10 Å². The van der Waals surface area contributed by atoms with Crippen LogP contribution in [0.1, 0.15) is 35.2 Å². The summed E-state index contributed by atoms with van der Waals surface area (Å²) in [5.74, 6) is -0.0730. The first-order chi connectivity index (χ1) is 10.9. The zero-order chi connectivity index (χ0) is 16.4. The third-order valence-electron chi connectivity index (χ3n) is 4.49. The number of aryl methyl sites for hydroxylation is 1. The molecule has 0 bridgehead atoms. The van der Waals surface area contributed by atoms with Crippen molar-refractivity contribution in [3.05, 3.63) is 29.3 Å². The van der Waals surface area contributed by atoms with Crippen molar-refractivity contribution in [2.45, 2.75) is 31.7 Å². The van der Waals surface area contributed by atoms with Crippen molar-refractivity contribution in [1.82, 2.24) is 10.6 Å². The number of nitrogens with one attached hydrogen (secondary N) is 2. The SMILES string of the molecule is CS(=O)(=O)N1CCCc2cc(C(=O)NC3CCNCC3)ccc21. The summed E-state index contributed by atoms with van der Waals surface area (Å²) in [5.41, 5.74) is 2.24. The average Bonchev–Trinajstić information content (AvgIpc) is 2.53. The third-order valence-corrected chi connectivity index (χ3v) is 5.67. The molecule has 1 aromatic carbocycles. The second-order valence-electron chi connectivity index (χ2n) is 6.28. The highest BCUT2D eigenvalue weighted by Crippen LogP contribution is 2.29. The van der Waals surface area contributed by atoms with Gasteiger partial charge in [-0.05, 0) is 62.5 Å². The number of anilines is 1. The van der Waals surface area contributed by atoms with Crippen LogP contribution >= 0.6 is 0 Å². The molecular weight excluding hydrogens is 314 g/mol. The molecule has 126 valence electrons. The Morgan fingerprint density at radius 3 is 2.74 bits per heavy atom. The van der Waals surface area contributed by atoms with E-state index < -0.39 is 10.0 Å². The van der Waals surface area contributed by atoms with E-state index in [1.165, 1.54) is 10.6 Å². The van der Waals surface area contributed by atoms with Crippen molar-refractivity contribution in [2.24, 2.45) is 0 Å². The van der Waals surface area contributed by atoms with Crippen LogP contribution in [0.5, 0.6) is 0 Å². The van der Waals surface area contributed by atoms with Gasteiger partial charge in [-0.2, -0.15) is 0 Å². The predicted molar refractivity (Wildman–Crippen MR) is 90.3 cm³/mol. The van der Waals surface area contributed by atoms with E-state index >= 15 is 0 Å². The van der Waals surface area contributed by atoms with Crippen molar-refractivity contribution < 1.29 is 13.2 Å². The van der Waals surface area contributed by atoms with Crippen molar-refractivity contribution in [3.63, 3.8) is 0 Å². The number of rotatable bonds is 3. The molecule has 1 fully saturated rings. The molecule has 0 saturated carbocycles. The second-order valence-corrected chi connectivity index (χ2v) is 8.19. The Balaban J connectivity index is 1.79. The molecule has 2 N–H and O–H groups in total. The van der Waals surface area contributed by atoms with Crippen molar-refractivity contribution >= 4 is 21.6 Å². The number of carbonyl (C=O) groups is 1. The van der Waals surface area contributed by atoms with Gasteiger partial charge in [-0.1, -0.05) is 0 Å². The summed E-state index contributed by atoms with van der Waals surface area (Å²) in [7, 11) is -3.27. The topological polar surface area (TPSA) is 78.5 Å². The van der Waals surface area contributed by atoms with E-state index in [2.05, 4.69) is 10.6 Å². The van der Waals surface area contributed by atoms with Gasteiger partial charge in [0.25, 0.3) is 5.91 Å². The molecule has 0 unspecified atom stereocenters. The van der Waals surface area contributed by atoms with Crippen LogP contribution in [-0.4, -0.2) is 46.3 Å². The third kappa shape index (κ3) is 3.67. The van der Waals surface area contributed by atoms with Crippen molar-refractivity contribution in [2.75, 3.05) is 30.2 Å². The summed E-state index contributed by atoms with van der Waals surface area (Å²) in [6.45, 7) is 2.36. The molecule has 1 aromatic rings. The Hall–Kier alpha value is -1.60. The Morgan fingerprint density at radius 1 is 1.30 bits per heavy atom. The summed E-state index contributed by atoms with van der Waals surface area (Å²) in [5, 5.41) is 6.35. The first kappa shape index (κ1) is 16.3. The molecule has 7 heteroatoms. The molecule has 2 aliphatic rings. The van der Waals surface area contributed by atoms with Crippen LogP contribution in [0, 0.1) is 0 Å². The molecule has 3 rings (SSSR count). The van der Waals surface area contributed by atoms with Crippen LogP contribution in [0.4, 0.5) is 5.69 Å². The lowest BCUT2D eigenvalue weighted by Crippen LogP contribution is -2.42. The number of benzene rings is 1. The summed E-state index contributed by atoms with van der Waals surface area (Å²) in [6, 6.07) is 5.53. The summed E-state index contributed by atoms with van der Waals surface area (Å²) in [4.78, 5) is 12.4. The first-order valence-electron chi connectivity index (χ1n) is 8.07. The fourth-order valence-electron chi connectivity index (χ4n) is 3.28. The lowest BCUT2D eigenvalue weighted by molar-refractivity contribution is 0.0929. The molecule has 0 atom stereocenters.